The third kappa shape index (κ3) is 7.63. The number of benzene rings is 3. The van der Waals surface area contributed by atoms with Crippen LogP contribution in [0.3, 0.4) is 0 Å². The van der Waals surface area contributed by atoms with E-state index in [1.54, 1.807) is 54.6 Å². The Morgan fingerprint density at radius 1 is 0.943 bits per heavy atom. The summed E-state index contributed by atoms with van der Waals surface area (Å²) >= 11 is 11.8. The van der Waals surface area contributed by atoms with E-state index in [2.05, 4.69) is 10.5 Å². The normalized spacial score (nSPS) is 10.6. The fourth-order valence-electron chi connectivity index (χ4n) is 2.81. The predicted octanol–water partition coefficient (Wildman–Crippen LogP) is 5.15. The zero-order chi connectivity index (χ0) is 25.2. The lowest BCUT2D eigenvalue weighted by Gasteiger charge is -2.10. The SMILES string of the molecule is CCOc1ccc(C(=O)Oc2ccc(C=NNC(=O)COc3ccc(Cl)cc3Cl)cc2OC)cc1. The third-order valence-electron chi connectivity index (χ3n) is 4.45. The number of hydrazone groups is 1. The van der Waals surface area contributed by atoms with Gasteiger partial charge < -0.3 is 18.9 Å². The molecule has 0 aliphatic carbocycles. The number of carbonyl (C=O) groups is 2. The first-order valence-electron chi connectivity index (χ1n) is 10.4. The number of esters is 1. The van der Waals surface area contributed by atoms with Crippen molar-refractivity contribution in [2.24, 2.45) is 5.10 Å². The molecule has 1 N–H and O–H groups in total. The molecular weight excluding hydrogens is 495 g/mol. The van der Waals surface area contributed by atoms with Gasteiger partial charge >= 0.3 is 5.97 Å². The average Bonchev–Trinajstić information content (AvgIpc) is 2.85. The Kier molecular flexibility index (Phi) is 9.34. The van der Waals surface area contributed by atoms with Gasteiger partial charge in [0, 0.05) is 5.02 Å². The first-order valence-corrected chi connectivity index (χ1v) is 11.2. The van der Waals surface area contributed by atoms with Gasteiger partial charge in [0.15, 0.2) is 18.1 Å². The molecule has 0 bridgehead atoms. The summed E-state index contributed by atoms with van der Waals surface area (Å²) in [7, 11) is 1.45. The fourth-order valence-corrected chi connectivity index (χ4v) is 3.27. The molecule has 0 unspecified atom stereocenters. The van der Waals surface area contributed by atoms with Gasteiger partial charge in [-0.25, -0.2) is 10.2 Å². The maximum Gasteiger partial charge on any atom is 0.343 e. The molecule has 10 heteroatoms. The molecule has 3 aromatic carbocycles. The van der Waals surface area contributed by atoms with E-state index in [9.17, 15) is 9.59 Å². The highest BCUT2D eigenvalue weighted by Gasteiger charge is 2.13. The maximum atomic E-state index is 12.5. The lowest BCUT2D eigenvalue weighted by molar-refractivity contribution is -0.123. The monoisotopic (exact) mass is 516 g/mol. The highest BCUT2D eigenvalue weighted by atomic mass is 35.5. The van der Waals surface area contributed by atoms with Crippen LogP contribution in [-0.4, -0.2) is 38.4 Å². The third-order valence-corrected chi connectivity index (χ3v) is 4.98. The van der Waals surface area contributed by atoms with Gasteiger partial charge in [0.1, 0.15) is 11.5 Å². The van der Waals surface area contributed by atoms with E-state index in [-0.39, 0.29) is 12.4 Å². The van der Waals surface area contributed by atoms with E-state index < -0.39 is 11.9 Å². The van der Waals surface area contributed by atoms with E-state index in [0.29, 0.717) is 45.0 Å². The van der Waals surface area contributed by atoms with Crippen LogP contribution in [0.25, 0.3) is 0 Å². The summed E-state index contributed by atoms with van der Waals surface area (Å²) in [5, 5.41) is 4.65. The second kappa shape index (κ2) is 12.6. The van der Waals surface area contributed by atoms with E-state index in [1.807, 2.05) is 6.92 Å². The Morgan fingerprint density at radius 3 is 2.37 bits per heavy atom. The second-order valence-corrected chi connectivity index (χ2v) is 7.76. The van der Waals surface area contributed by atoms with E-state index in [4.69, 9.17) is 42.1 Å². The first-order chi connectivity index (χ1) is 16.9. The van der Waals surface area contributed by atoms with Crippen molar-refractivity contribution in [1.82, 2.24) is 5.43 Å². The summed E-state index contributed by atoms with van der Waals surface area (Å²) in [6, 6.07) is 16.1. The van der Waals surface area contributed by atoms with Crippen molar-refractivity contribution in [3.63, 3.8) is 0 Å². The predicted molar refractivity (Wildman–Crippen MR) is 133 cm³/mol. The molecule has 0 atom stereocenters. The zero-order valence-corrected chi connectivity index (χ0v) is 20.4. The Labute approximate surface area is 212 Å². The number of ether oxygens (including phenoxy) is 4. The molecule has 0 spiro atoms. The van der Waals surface area contributed by atoms with Gasteiger partial charge in [-0.05, 0) is 73.2 Å². The number of halogens is 2. The lowest BCUT2D eigenvalue weighted by atomic mass is 10.2. The second-order valence-electron chi connectivity index (χ2n) is 6.91. The van der Waals surface area contributed by atoms with Crippen molar-refractivity contribution in [1.29, 1.82) is 0 Å². The standard InChI is InChI=1S/C25H22Cl2N2O6/c1-3-33-19-8-5-17(6-9-19)25(31)35-22-10-4-16(12-23(22)32-2)14-28-29-24(30)15-34-21-11-7-18(26)13-20(21)27/h4-14H,3,15H2,1-2H3,(H,29,30). The molecule has 0 heterocycles. The minimum atomic E-state index is -0.541. The largest absolute Gasteiger partial charge is 0.494 e. The van der Waals surface area contributed by atoms with Crippen LogP contribution < -0.4 is 24.4 Å². The smallest absolute Gasteiger partial charge is 0.343 e. The minimum Gasteiger partial charge on any atom is -0.494 e. The number of methoxy groups -OCH3 is 1. The fraction of sp³-hybridized carbons (Fsp3) is 0.160. The number of carbonyl (C=O) groups excluding carboxylic acids is 2. The molecule has 35 heavy (non-hydrogen) atoms. The van der Waals surface area contributed by atoms with E-state index in [0.717, 1.165) is 0 Å². The van der Waals surface area contributed by atoms with Crippen LogP contribution in [0.4, 0.5) is 0 Å². The molecule has 3 aromatic rings. The van der Waals surface area contributed by atoms with Crippen LogP contribution in [0, 0.1) is 0 Å². The van der Waals surface area contributed by atoms with Crippen molar-refractivity contribution in [3.8, 4) is 23.0 Å². The van der Waals surface area contributed by atoms with Crippen LogP contribution in [0.15, 0.2) is 65.8 Å². The van der Waals surface area contributed by atoms with Gasteiger partial charge in [-0.15, -0.1) is 0 Å². The molecule has 0 aliphatic heterocycles. The molecule has 0 aliphatic rings. The summed E-state index contributed by atoms with van der Waals surface area (Å²) < 4.78 is 21.5. The number of amides is 1. The van der Waals surface area contributed by atoms with Crippen LogP contribution in [-0.2, 0) is 4.79 Å². The molecule has 0 saturated carbocycles. The molecule has 3 rings (SSSR count). The zero-order valence-electron chi connectivity index (χ0n) is 18.9. The van der Waals surface area contributed by atoms with Crippen molar-refractivity contribution < 1.29 is 28.5 Å². The number of hydrogen-bond donors (Lipinski definition) is 1. The van der Waals surface area contributed by atoms with Gasteiger partial charge in [0.25, 0.3) is 5.91 Å². The Morgan fingerprint density at radius 2 is 1.69 bits per heavy atom. The van der Waals surface area contributed by atoms with Crippen molar-refractivity contribution in [2.75, 3.05) is 20.3 Å². The molecular formula is C25H22Cl2N2O6. The lowest BCUT2D eigenvalue weighted by Crippen LogP contribution is -2.24. The molecule has 182 valence electrons. The van der Waals surface area contributed by atoms with Crippen LogP contribution in [0.5, 0.6) is 23.0 Å². The van der Waals surface area contributed by atoms with Gasteiger partial charge in [-0.3, -0.25) is 4.79 Å². The minimum absolute atomic E-state index is 0.237. The summed E-state index contributed by atoms with van der Waals surface area (Å²) in [5.41, 5.74) is 3.32. The van der Waals surface area contributed by atoms with Crippen LogP contribution >= 0.6 is 23.2 Å². The molecule has 0 fully saturated rings. The number of nitrogens with one attached hydrogen (secondary N) is 1. The summed E-state index contributed by atoms with van der Waals surface area (Å²) in [4.78, 5) is 24.4. The maximum absolute atomic E-state index is 12.5. The van der Waals surface area contributed by atoms with Crippen molar-refractivity contribution in [2.45, 2.75) is 6.92 Å². The highest BCUT2D eigenvalue weighted by Crippen LogP contribution is 2.29. The quantitative estimate of drug-likeness (QED) is 0.173. The summed E-state index contributed by atoms with van der Waals surface area (Å²) in [5.74, 6) is 0.523. The topological polar surface area (TPSA) is 95.5 Å². The van der Waals surface area contributed by atoms with Gasteiger partial charge in [0.2, 0.25) is 0 Å². The van der Waals surface area contributed by atoms with Crippen LogP contribution in [0.1, 0.15) is 22.8 Å². The molecule has 0 radical (unpaired) electrons. The van der Waals surface area contributed by atoms with Crippen LogP contribution in [0.2, 0.25) is 10.0 Å². The molecule has 0 saturated heterocycles. The Bertz CT molecular complexity index is 1220. The van der Waals surface area contributed by atoms with Gasteiger partial charge in [-0.2, -0.15) is 5.10 Å². The summed E-state index contributed by atoms with van der Waals surface area (Å²) in [6.07, 6.45) is 1.41. The number of nitrogens with zero attached hydrogens (tertiary/aromatic N) is 1. The van der Waals surface area contributed by atoms with E-state index in [1.165, 1.54) is 19.4 Å². The van der Waals surface area contributed by atoms with Crippen molar-refractivity contribution >= 4 is 41.3 Å². The summed E-state index contributed by atoms with van der Waals surface area (Å²) in [6.45, 7) is 2.12. The molecule has 1 amide bonds. The molecule has 8 nitrogen and oxygen atoms in total. The number of rotatable bonds is 10. The highest BCUT2D eigenvalue weighted by molar-refractivity contribution is 6.35. The Hall–Kier alpha value is -3.75. The first kappa shape index (κ1) is 25.9. The van der Waals surface area contributed by atoms with E-state index >= 15 is 0 Å². The number of hydrogen-bond acceptors (Lipinski definition) is 7. The Balaban J connectivity index is 1.56. The average molecular weight is 517 g/mol. The molecule has 0 aromatic heterocycles. The van der Waals surface area contributed by atoms with Gasteiger partial charge in [-0.1, -0.05) is 23.2 Å². The van der Waals surface area contributed by atoms with Crippen molar-refractivity contribution in [3.05, 3.63) is 81.8 Å². The van der Waals surface area contributed by atoms with Gasteiger partial charge in [0.05, 0.1) is 30.5 Å².